The van der Waals surface area contributed by atoms with Gasteiger partial charge in [0.1, 0.15) is 10.6 Å². The standard InChI is InChI=1S/C33H31BN4O9S2/c1-20(2)47-49(44,45)29-13-6-5-12-27(29)34(40)46-19-24-10-7-11-25(31(24)48(41,42)43)21-14-15-28-26(16-21)30(37-33(35)36-28)32(39)38-17-22-8-3-4-9-23(22)18-38/h3-16,20,40H,17-19H2,1-2H3,(H2,35,36,37)(H,41,42,43). The third kappa shape index (κ3) is 7.06. The lowest BCUT2D eigenvalue weighted by Gasteiger charge is -2.18. The van der Waals surface area contributed by atoms with E-state index in [1.54, 1.807) is 36.9 Å². The number of amides is 1. The number of benzene rings is 4. The molecule has 0 unspecified atom stereocenters. The fourth-order valence-corrected chi connectivity index (χ4v) is 8.05. The molecule has 0 bridgehead atoms. The normalized spacial score (nSPS) is 13.2. The van der Waals surface area contributed by atoms with E-state index in [1.807, 2.05) is 24.3 Å². The Kier molecular flexibility index (Phi) is 9.28. The number of fused-ring (bicyclic) bond motifs is 2. The molecule has 5 aromatic rings. The van der Waals surface area contributed by atoms with E-state index in [4.69, 9.17) is 14.6 Å². The lowest BCUT2D eigenvalue weighted by atomic mass is 9.79. The van der Waals surface area contributed by atoms with Gasteiger partial charge in [-0.05, 0) is 54.3 Å². The average molecular weight is 703 g/mol. The molecule has 1 aromatic heterocycles. The van der Waals surface area contributed by atoms with Crippen LogP contribution in [0.5, 0.6) is 0 Å². The van der Waals surface area contributed by atoms with Crippen LogP contribution in [0.15, 0.2) is 94.7 Å². The van der Waals surface area contributed by atoms with Crippen molar-refractivity contribution < 1.29 is 40.0 Å². The van der Waals surface area contributed by atoms with Crippen LogP contribution in [0.1, 0.15) is 41.0 Å². The van der Waals surface area contributed by atoms with E-state index in [0.29, 0.717) is 29.6 Å². The maximum Gasteiger partial charge on any atom is 0.492 e. The van der Waals surface area contributed by atoms with E-state index in [2.05, 4.69) is 9.97 Å². The molecule has 13 nitrogen and oxygen atoms in total. The largest absolute Gasteiger partial charge is 0.492 e. The van der Waals surface area contributed by atoms with Crippen LogP contribution in [-0.2, 0) is 48.8 Å². The summed E-state index contributed by atoms with van der Waals surface area (Å²) in [4.78, 5) is 23.1. The van der Waals surface area contributed by atoms with E-state index in [9.17, 15) is 31.2 Å². The molecule has 0 saturated carbocycles. The highest BCUT2D eigenvalue weighted by molar-refractivity contribution is 7.87. The molecule has 0 saturated heterocycles. The number of anilines is 1. The number of rotatable bonds is 10. The summed E-state index contributed by atoms with van der Waals surface area (Å²) in [6, 6.07) is 22.3. The Morgan fingerprint density at radius 1 is 0.939 bits per heavy atom. The summed E-state index contributed by atoms with van der Waals surface area (Å²) in [6.45, 7) is 3.29. The second-order valence-corrected chi connectivity index (χ2v) is 14.6. The number of carbonyl (C=O) groups excluding carboxylic acids is 1. The SMILES string of the molecule is CC(C)OS(=O)(=O)c1ccccc1B(O)OCc1cccc(-c2ccc3nc(N)nc(C(=O)N4Cc5ccccc5C4)c3c2)c1S(=O)(=O)O. The lowest BCUT2D eigenvalue weighted by molar-refractivity contribution is 0.0747. The monoisotopic (exact) mass is 702 g/mol. The molecule has 2 heterocycles. The van der Waals surface area contributed by atoms with Crippen molar-refractivity contribution in [2.24, 2.45) is 0 Å². The molecule has 6 rings (SSSR count). The highest BCUT2D eigenvalue weighted by Gasteiger charge is 2.31. The van der Waals surface area contributed by atoms with Crippen molar-refractivity contribution >= 4 is 55.6 Å². The van der Waals surface area contributed by atoms with Gasteiger partial charge in [-0.15, -0.1) is 0 Å². The summed E-state index contributed by atoms with van der Waals surface area (Å²) < 4.78 is 72.3. The zero-order valence-electron chi connectivity index (χ0n) is 26.3. The molecule has 0 spiro atoms. The van der Waals surface area contributed by atoms with Crippen LogP contribution < -0.4 is 11.2 Å². The molecule has 0 fully saturated rings. The van der Waals surface area contributed by atoms with Gasteiger partial charge in [0, 0.05) is 29.5 Å². The highest BCUT2D eigenvalue weighted by Crippen LogP contribution is 2.34. The van der Waals surface area contributed by atoms with Crippen molar-refractivity contribution in [3.8, 4) is 11.1 Å². The second-order valence-electron chi connectivity index (χ2n) is 11.7. The summed E-state index contributed by atoms with van der Waals surface area (Å²) in [6.07, 6.45) is -0.665. The molecule has 4 N–H and O–H groups in total. The Morgan fingerprint density at radius 2 is 1.61 bits per heavy atom. The van der Waals surface area contributed by atoms with Gasteiger partial charge in [-0.2, -0.15) is 16.8 Å². The fraction of sp³-hybridized carbons (Fsp3) is 0.182. The number of carbonyl (C=O) groups is 1. The summed E-state index contributed by atoms with van der Waals surface area (Å²) in [5.41, 5.74) is 8.59. The molecule has 0 radical (unpaired) electrons. The highest BCUT2D eigenvalue weighted by atomic mass is 32.2. The third-order valence-electron chi connectivity index (χ3n) is 7.88. The number of hydrogen-bond acceptors (Lipinski definition) is 11. The van der Waals surface area contributed by atoms with E-state index in [0.717, 1.165) is 11.1 Å². The van der Waals surface area contributed by atoms with Gasteiger partial charge in [-0.1, -0.05) is 66.7 Å². The van der Waals surface area contributed by atoms with Crippen LogP contribution in [0.2, 0.25) is 0 Å². The van der Waals surface area contributed by atoms with Crippen LogP contribution in [0.3, 0.4) is 0 Å². The van der Waals surface area contributed by atoms with Crippen molar-refractivity contribution in [1.29, 1.82) is 0 Å². The van der Waals surface area contributed by atoms with Crippen LogP contribution in [0.25, 0.3) is 22.0 Å². The van der Waals surface area contributed by atoms with Crippen molar-refractivity contribution in [3.63, 3.8) is 0 Å². The first-order valence-electron chi connectivity index (χ1n) is 15.1. The Hall–Kier alpha value is -4.71. The zero-order valence-corrected chi connectivity index (χ0v) is 28.0. The van der Waals surface area contributed by atoms with E-state index in [1.165, 1.54) is 42.5 Å². The van der Waals surface area contributed by atoms with Crippen molar-refractivity contribution in [2.45, 2.75) is 49.4 Å². The molecular weight excluding hydrogens is 671 g/mol. The molecule has 49 heavy (non-hydrogen) atoms. The van der Waals surface area contributed by atoms with Gasteiger partial charge in [-0.25, -0.2) is 9.97 Å². The van der Waals surface area contributed by atoms with E-state index >= 15 is 0 Å². The first-order valence-corrected chi connectivity index (χ1v) is 17.9. The van der Waals surface area contributed by atoms with Crippen molar-refractivity contribution in [1.82, 2.24) is 14.9 Å². The van der Waals surface area contributed by atoms with Gasteiger partial charge in [0.05, 0.1) is 23.1 Å². The zero-order chi connectivity index (χ0) is 35.1. The molecule has 4 aromatic carbocycles. The van der Waals surface area contributed by atoms with Gasteiger partial charge in [0.25, 0.3) is 26.1 Å². The van der Waals surface area contributed by atoms with Gasteiger partial charge in [0.15, 0.2) is 0 Å². The van der Waals surface area contributed by atoms with Crippen LogP contribution >= 0.6 is 0 Å². The van der Waals surface area contributed by atoms with E-state index < -0.39 is 45.0 Å². The first-order chi connectivity index (χ1) is 23.2. The minimum Gasteiger partial charge on any atom is -0.423 e. The molecule has 1 aliphatic heterocycles. The molecule has 1 aliphatic rings. The van der Waals surface area contributed by atoms with Gasteiger partial charge >= 0.3 is 7.12 Å². The molecule has 0 atom stereocenters. The minimum absolute atomic E-state index is 0.0300. The topological polar surface area (TPSA) is 199 Å². The average Bonchev–Trinajstić information content (AvgIpc) is 3.49. The Balaban J connectivity index is 1.35. The Bertz CT molecular complexity index is 2290. The quantitative estimate of drug-likeness (QED) is 0.109. The molecule has 252 valence electrons. The number of nitrogens with zero attached hydrogens (tertiary/aromatic N) is 3. The summed E-state index contributed by atoms with van der Waals surface area (Å²) in [5, 5.41) is 11.2. The summed E-state index contributed by atoms with van der Waals surface area (Å²) in [7, 11) is -11.0. The molecule has 16 heteroatoms. The maximum absolute atomic E-state index is 13.8. The predicted molar refractivity (Wildman–Crippen MR) is 181 cm³/mol. The number of nitrogens with two attached hydrogens (primary N) is 1. The second kappa shape index (κ2) is 13.3. The van der Waals surface area contributed by atoms with Gasteiger partial charge < -0.3 is 20.3 Å². The predicted octanol–water partition coefficient (Wildman–Crippen LogP) is 3.30. The Morgan fingerprint density at radius 3 is 2.29 bits per heavy atom. The van der Waals surface area contributed by atoms with Crippen LogP contribution in [0.4, 0.5) is 5.95 Å². The number of aromatic nitrogens is 2. The third-order valence-corrected chi connectivity index (χ3v) is 10.4. The molecular formula is C33H31BN4O9S2. The number of nitrogen functional groups attached to an aromatic ring is 1. The van der Waals surface area contributed by atoms with Crippen molar-refractivity contribution in [3.05, 3.63) is 107 Å². The first kappa shape index (κ1) is 34.2. The molecule has 1 amide bonds. The van der Waals surface area contributed by atoms with Crippen LogP contribution in [0, 0.1) is 0 Å². The maximum atomic E-state index is 13.8. The summed E-state index contributed by atoms with van der Waals surface area (Å²) >= 11 is 0. The number of hydrogen-bond donors (Lipinski definition) is 3. The van der Waals surface area contributed by atoms with Gasteiger partial charge in [-0.3, -0.25) is 13.5 Å². The van der Waals surface area contributed by atoms with Crippen LogP contribution in [-0.4, -0.2) is 60.4 Å². The molecule has 0 aliphatic carbocycles. The summed E-state index contributed by atoms with van der Waals surface area (Å²) in [5.74, 6) is -0.499. The van der Waals surface area contributed by atoms with E-state index in [-0.39, 0.29) is 39.0 Å². The van der Waals surface area contributed by atoms with Crippen molar-refractivity contribution in [2.75, 3.05) is 5.73 Å². The lowest BCUT2D eigenvalue weighted by Crippen LogP contribution is -2.37. The minimum atomic E-state index is -4.90. The fourth-order valence-electron chi connectivity index (χ4n) is 5.81. The Labute approximate surface area is 283 Å². The van der Waals surface area contributed by atoms with Gasteiger partial charge in [0.2, 0.25) is 5.95 Å². The smallest absolute Gasteiger partial charge is 0.423 e.